The lowest BCUT2D eigenvalue weighted by Crippen LogP contribution is -2.46. The Labute approximate surface area is 123 Å². The van der Waals surface area contributed by atoms with Gasteiger partial charge in [-0.3, -0.25) is 9.69 Å². The topological polar surface area (TPSA) is 62.7 Å². The van der Waals surface area contributed by atoms with Crippen molar-refractivity contribution in [3.8, 4) is 5.75 Å². The number of methoxy groups -OCH3 is 1. The molecule has 21 heavy (non-hydrogen) atoms. The normalized spacial score (nSPS) is 15.9. The van der Waals surface area contributed by atoms with E-state index in [4.69, 9.17) is 9.84 Å². The number of carbonyl (C=O) groups is 1. The van der Waals surface area contributed by atoms with Crippen LogP contribution in [0.4, 0.5) is 0 Å². The van der Waals surface area contributed by atoms with Gasteiger partial charge < -0.3 is 9.84 Å². The van der Waals surface area contributed by atoms with Crippen LogP contribution in [0.1, 0.15) is 12.1 Å². The smallest absolute Gasteiger partial charge is 0.303 e. The Morgan fingerprint density at radius 1 is 1.38 bits per heavy atom. The maximum atomic E-state index is 10.6. The van der Waals surface area contributed by atoms with Gasteiger partial charge >= 0.3 is 5.97 Å². The molecule has 1 aromatic heterocycles. The molecule has 0 radical (unpaired) electrons. The largest absolute Gasteiger partial charge is 0.494 e. The number of rotatable bonds is 5. The Kier molecular flexibility index (Phi) is 3.75. The molecule has 0 saturated carbocycles. The highest BCUT2D eigenvalue weighted by Crippen LogP contribution is 2.25. The second-order valence-corrected chi connectivity index (χ2v) is 5.49. The van der Waals surface area contributed by atoms with Gasteiger partial charge in [-0.2, -0.15) is 0 Å². The summed E-state index contributed by atoms with van der Waals surface area (Å²) in [5.74, 6) is 0.340. The Hall–Kier alpha value is -2.14. The summed E-state index contributed by atoms with van der Waals surface area (Å²) in [4.78, 5) is 17.5. The van der Waals surface area contributed by atoms with E-state index in [0.29, 0.717) is 0 Å². The molecule has 0 spiro atoms. The van der Waals surface area contributed by atoms with Crippen LogP contribution in [0, 0.1) is 5.92 Å². The fraction of sp³-hybridized carbons (Fsp3) is 0.375. The summed E-state index contributed by atoms with van der Waals surface area (Å²) in [6, 6.07) is 9.95. The third kappa shape index (κ3) is 2.97. The molecule has 1 saturated heterocycles. The summed E-state index contributed by atoms with van der Waals surface area (Å²) >= 11 is 0. The zero-order valence-electron chi connectivity index (χ0n) is 12.0. The van der Waals surface area contributed by atoms with E-state index in [1.54, 1.807) is 7.11 Å². The summed E-state index contributed by atoms with van der Waals surface area (Å²) in [7, 11) is 1.65. The highest BCUT2D eigenvalue weighted by atomic mass is 16.5. The minimum Gasteiger partial charge on any atom is -0.494 e. The predicted octanol–water partition coefficient (Wildman–Crippen LogP) is 2.15. The highest BCUT2D eigenvalue weighted by Gasteiger charge is 2.28. The van der Waals surface area contributed by atoms with Crippen molar-refractivity contribution in [2.24, 2.45) is 5.92 Å². The third-order valence-corrected chi connectivity index (χ3v) is 3.84. The molecular formula is C16H18N2O3. The molecule has 1 aliphatic rings. The molecule has 1 N–H and O–H groups in total. The van der Waals surface area contributed by atoms with Crippen molar-refractivity contribution in [3.05, 3.63) is 36.0 Å². The maximum Gasteiger partial charge on any atom is 0.303 e. The zero-order valence-corrected chi connectivity index (χ0v) is 12.0. The number of carboxylic acids is 1. The number of para-hydroxylation sites is 1. The van der Waals surface area contributed by atoms with E-state index in [1.807, 2.05) is 24.3 Å². The molecule has 1 aliphatic heterocycles. The summed E-state index contributed by atoms with van der Waals surface area (Å²) in [6.45, 7) is 2.42. The van der Waals surface area contributed by atoms with Gasteiger partial charge in [0.2, 0.25) is 0 Å². The molecule has 0 aliphatic carbocycles. The van der Waals surface area contributed by atoms with Gasteiger partial charge in [-0.1, -0.05) is 18.2 Å². The number of hydrogen-bond acceptors (Lipinski definition) is 4. The Bertz CT molecular complexity index is 666. The van der Waals surface area contributed by atoms with Crippen LogP contribution < -0.4 is 4.74 Å². The second-order valence-electron chi connectivity index (χ2n) is 5.49. The van der Waals surface area contributed by atoms with Gasteiger partial charge in [0.15, 0.2) is 0 Å². The average molecular weight is 286 g/mol. The number of benzene rings is 1. The predicted molar refractivity (Wildman–Crippen MR) is 79.3 cm³/mol. The number of hydrogen-bond donors (Lipinski definition) is 1. The minimum atomic E-state index is -0.715. The maximum absolute atomic E-state index is 10.6. The fourth-order valence-corrected chi connectivity index (χ4v) is 2.82. The quantitative estimate of drug-likeness (QED) is 0.912. The Morgan fingerprint density at radius 3 is 2.90 bits per heavy atom. The molecule has 2 heterocycles. The van der Waals surface area contributed by atoms with Crippen LogP contribution in [0.3, 0.4) is 0 Å². The molecule has 0 bridgehead atoms. The van der Waals surface area contributed by atoms with E-state index in [9.17, 15) is 4.79 Å². The molecule has 5 heteroatoms. The molecule has 0 unspecified atom stereocenters. The van der Waals surface area contributed by atoms with Crippen LogP contribution in [0.5, 0.6) is 5.75 Å². The van der Waals surface area contributed by atoms with Gasteiger partial charge in [-0.15, -0.1) is 0 Å². The number of ether oxygens (including phenoxy) is 1. The van der Waals surface area contributed by atoms with Crippen molar-refractivity contribution in [2.45, 2.75) is 13.0 Å². The van der Waals surface area contributed by atoms with Gasteiger partial charge in [0, 0.05) is 25.0 Å². The molecule has 1 aromatic carbocycles. The first-order chi connectivity index (χ1) is 10.2. The lowest BCUT2D eigenvalue weighted by molar-refractivity contribution is -0.139. The van der Waals surface area contributed by atoms with Crippen LogP contribution in [0.15, 0.2) is 30.3 Å². The first kappa shape index (κ1) is 13.8. The molecule has 2 aromatic rings. The third-order valence-electron chi connectivity index (χ3n) is 3.84. The summed E-state index contributed by atoms with van der Waals surface area (Å²) in [5.41, 5.74) is 1.86. The van der Waals surface area contributed by atoms with Crippen molar-refractivity contribution < 1.29 is 14.6 Å². The average Bonchev–Trinajstić information content (AvgIpc) is 2.43. The number of aliphatic carboxylic acids is 1. The van der Waals surface area contributed by atoms with Crippen LogP contribution in [0.2, 0.25) is 0 Å². The summed E-state index contributed by atoms with van der Waals surface area (Å²) in [6.07, 6.45) is 0.259. The summed E-state index contributed by atoms with van der Waals surface area (Å²) < 4.78 is 5.35. The number of likely N-dealkylation sites (tertiary alicyclic amines) is 1. The molecule has 3 rings (SSSR count). The van der Waals surface area contributed by atoms with Gasteiger partial charge in [0.25, 0.3) is 0 Å². The van der Waals surface area contributed by atoms with E-state index < -0.39 is 5.97 Å². The van der Waals surface area contributed by atoms with E-state index >= 15 is 0 Å². The van der Waals surface area contributed by atoms with E-state index in [0.717, 1.165) is 42.0 Å². The molecule has 5 nitrogen and oxygen atoms in total. The van der Waals surface area contributed by atoms with Crippen molar-refractivity contribution in [1.29, 1.82) is 0 Å². The van der Waals surface area contributed by atoms with Gasteiger partial charge in [0.1, 0.15) is 11.3 Å². The SMILES string of the molecule is COc1cccc2ccc(CN3CC(CC(=O)O)C3)nc12. The van der Waals surface area contributed by atoms with Crippen molar-refractivity contribution in [1.82, 2.24) is 9.88 Å². The first-order valence-electron chi connectivity index (χ1n) is 7.02. The molecule has 0 atom stereocenters. The van der Waals surface area contributed by atoms with Crippen LogP contribution in [-0.2, 0) is 11.3 Å². The van der Waals surface area contributed by atoms with Crippen LogP contribution in [0.25, 0.3) is 10.9 Å². The standard InChI is InChI=1S/C16H18N2O3/c1-21-14-4-2-3-12-5-6-13(17-16(12)14)10-18-8-11(9-18)7-15(19)20/h2-6,11H,7-10H2,1H3,(H,19,20). The van der Waals surface area contributed by atoms with Gasteiger partial charge in [-0.25, -0.2) is 4.98 Å². The zero-order chi connectivity index (χ0) is 14.8. The van der Waals surface area contributed by atoms with Gasteiger partial charge in [0.05, 0.1) is 19.2 Å². The lowest BCUT2D eigenvalue weighted by atomic mass is 9.96. The Morgan fingerprint density at radius 2 is 2.19 bits per heavy atom. The van der Waals surface area contributed by atoms with Crippen LogP contribution >= 0.6 is 0 Å². The number of fused-ring (bicyclic) bond motifs is 1. The monoisotopic (exact) mass is 286 g/mol. The lowest BCUT2D eigenvalue weighted by Gasteiger charge is -2.38. The second kappa shape index (κ2) is 5.69. The van der Waals surface area contributed by atoms with Gasteiger partial charge in [-0.05, 0) is 18.1 Å². The Balaban J connectivity index is 1.70. The summed E-state index contributed by atoms with van der Waals surface area (Å²) in [5, 5.41) is 9.82. The van der Waals surface area contributed by atoms with Crippen molar-refractivity contribution in [3.63, 3.8) is 0 Å². The molecular weight excluding hydrogens is 268 g/mol. The van der Waals surface area contributed by atoms with E-state index in [2.05, 4.69) is 16.0 Å². The van der Waals surface area contributed by atoms with Crippen molar-refractivity contribution in [2.75, 3.05) is 20.2 Å². The number of pyridine rings is 1. The molecule has 1 fully saturated rings. The fourth-order valence-electron chi connectivity index (χ4n) is 2.82. The molecule has 110 valence electrons. The number of carboxylic acid groups (broad SMARTS) is 1. The van der Waals surface area contributed by atoms with E-state index in [-0.39, 0.29) is 12.3 Å². The highest BCUT2D eigenvalue weighted by molar-refractivity contribution is 5.84. The van der Waals surface area contributed by atoms with E-state index in [1.165, 1.54) is 0 Å². The molecule has 0 amide bonds. The van der Waals surface area contributed by atoms with Crippen LogP contribution in [-0.4, -0.2) is 41.2 Å². The number of aromatic nitrogens is 1. The minimum absolute atomic E-state index is 0.259. The number of nitrogens with zero attached hydrogens (tertiary/aromatic N) is 2. The first-order valence-corrected chi connectivity index (χ1v) is 7.02. The van der Waals surface area contributed by atoms with Crippen molar-refractivity contribution >= 4 is 16.9 Å².